The smallest absolute Gasteiger partial charge is 0.243 e. The number of anilines is 1. The van der Waals surface area contributed by atoms with Crippen molar-refractivity contribution in [2.45, 2.75) is 11.8 Å². The average Bonchev–Trinajstić information content (AvgIpc) is 3.23. The lowest BCUT2D eigenvalue weighted by atomic mass is 10.3. The second-order valence-electron chi connectivity index (χ2n) is 6.57. The number of nitrogens with zero attached hydrogens (tertiary/aromatic N) is 5. The molecule has 2 aromatic heterocycles. The molecule has 3 aromatic rings. The number of rotatable bonds is 4. The first kappa shape index (κ1) is 18.6. The first-order valence-corrected chi connectivity index (χ1v) is 10.4. The molecule has 146 valence electrons. The number of aromatic nitrogens is 3. The van der Waals surface area contributed by atoms with E-state index in [4.69, 9.17) is 0 Å². The van der Waals surface area contributed by atoms with Crippen LogP contribution in [0.1, 0.15) is 5.82 Å². The maximum absolute atomic E-state index is 13.1. The van der Waals surface area contributed by atoms with Crippen molar-refractivity contribution < 1.29 is 12.8 Å². The van der Waals surface area contributed by atoms with Crippen LogP contribution < -0.4 is 4.90 Å². The Kier molecular flexibility index (Phi) is 4.86. The van der Waals surface area contributed by atoms with E-state index in [1.54, 1.807) is 0 Å². The summed E-state index contributed by atoms with van der Waals surface area (Å²) in [5.41, 5.74) is 0. The summed E-state index contributed by atoms with van der Waals surface area (Å²) >= 11 is 0. The summed E-state index contributed by atoms with van der Waals surface area (Å²) in [7, 11) is -3.63. The summed E-state index contributed by atoms with van der Waals surface area (Å²) in [6, 6.07) is 10.7. The Morgan fingerprint density at radius 3 is 2.18 bits per heavy atom. The minimum atomic E-state index is -3.63. The standard InChI is InChI=1S/C19H20FN5O2S/c1-15-21-18(23-8-2-3-9-23)14-19(22-15)24-10-12-25(13-11-24)28(26,27)17-6-4-16(20)5-7-17/h2-9,14H,10-13H2,1H3. The number of halogens is 1. The molecule has 0 saturated carbocycles. The number of hydrogen-bond donors (Lipinski definition) is 0. The zero-order valence-electron chi connectivity index (χ0n) is 15.4. The van der Waals surface area contributed by atoms with Gasteiger partial charge in [0, 0.05) is 44.6 Å². The molecule has 0 amide bonds. The van der Waals surface area contributed by atoms with Gasteiger partial charge in [-0.3, -0.25) is 0 Å². The van der Waals surface area contributed by atoms with Crippen molar-refractivity contribution in [1.29, 1.82) is 0 Å². The van der Waals surface area contributed by atoms with Crippen LogP contribution in [-0.4, -0.2) is 53.4 Å². The molecule has 0 N–H and O–H groups in total. The normalized spacial score (nSPS) is 15.7. The predicted octanol–water partition coefficient (Wildman–Crippen LogP) is 2.23. The summed E-state index contributed by atoms with van der Waals surface area (Å²) < 4.78 is 42.0. The fraction of sp³-hybridized carbons (Fsp3) is 0.263. The first-order valence-electron chi connectivity index (χ1n) is 8.93. The largest absolute Gasteiger partial charge is 0.354 e. The zero-order valence-corrected chi connectivity index (χ0v) is 16.2. The number of piperazine rings is 1. The van der Waals surface area contributed by atoms with Crippen molar-refractivity contribution in [1.82, 2.24) is 18.8 Å². The Morgan fingerprint density at radius 1 is 0.929 bits per heavy atom. The van der Waals surface area contributed by atoms with Crippen molar-refractivity contribution in [2.24, 2.45) is 0 Å². The molecule has 9 heteroatoms. The second-order valence-corrected chi connectivity index (χ2v) is 8.50. The molecular formula is C19H20FN5O2S. The fourth-order valence-electron chi connectivity index (χ4n) is 3.23. The van der Waals surface area contributed by atoms with E-state index in [1.165, 1.54) is 16.4 Å². The molecule has 0 aliphatic carbocycles. The topological polar surface area (TPSA) is 71.3 Å². The Bertz CT molecular complexity index is 1060. The van der Waals surface area contributed by atoms with E-state index in [0.717, 1.165) is 23.8 Å². The molecule has 7 nitrogen and oxygen atoms in total. The minimum absolute atomic E-state index is 0.107. The van der Waals surface area contributed by atoms with E-state index in [0.29, 0.717) is 32.0 Å². The summed E-state index contributed by atoms with van der Waals surface area (Å²) in [6.45, 7) is 3.54. The highest BCUT2D eigenvalue weighted by atomic mass is 32.2. The SMILES string of the molecule is Cc1nc(N2CCN(S(=O)(=O)c3ccc(F)cc3)CC2)cc(-n2cccc2)n1. The second kappa shape index (κ2) is 7.33. The molecule has 0 unspecified atom stereocenters. The van der Waals surface area contributed by atoms with Crippen LogP contribution in [0.25, 0.3) is 5.82 Å². The molecule has 1 fully saturated rings. The molecular weight excluding hydrogens is 381 g/mol. The van der Waals surface area contributed by atoms with Gasteiger partial charge in [0.05, 0.1) is 4.90 Å². The fourth-order valence-corrected chi connectivity index (χ4v) is 4.65. The molecule has 0 radical (unpaired) electrons. The lowest BCUT2D eigenvalue weighted by molar-refractivity contribution is 0.383. The van der Waals surface area contributed by atoms with Gasteiger partial charge in [-0.05, 0) is 43.3 Å². The van der Waals surface area contributed by atoms with Gasteiger partial charge in [-0.2, -0.15) is 4.31 Å². The third-order valence-corrected chi connectivity index (χ3v) is 6.61. The van der Waals surface area contributed by atoms with Gasteiger partial charge in [-0.25, -0.2) is 22.8 Å². The van der Waals surface area contributed by atoms with Crippen LogP contribution in [0, 0.1) is 12.7 Å². The number of aryl methyl sites for hydroxylation is 1. The molecule has 1 aliphatic rings. The summed E-state index contributed by atoms with van der Waals surface area (Å²) in [6.07, 6.45) is 3.83. The summed E-state index contributed by atoms with van der Waals surface area (Å²) in [4.78, 5) is 11.1. The van der Waals surface area contributed by atoms with E-state index in [1.807, 2.05) is 42.1 Å². The first-order chi connectivity index (χ1) is 13.4. The molecule has 1 aromatic carbocycles. The van der Waals surface area contributed by atoms with Crippen molar-refractivity contribution in [3.8, 4) is 5.82 Å². The third kappa shape index (κ3) is 3.63. The van der Waals surface area contributed by atoms with E-state index in [-0.39, 0.29) is 4.90 Å². The molecule has 0 spiro atoms. The van der Waals surface area contributed by atoms with Crippen LogP contribution in [0.15, 0.2) is 59.8 Å². The predicted molar refractivity (Wildman–Crippen MR) is 103 cm³/mol. The van der Waals surface area contributed by atoms with Gasteiger partial charge in [-0.1, -0.05) is 0 Å². The van der Waals surface area contributed by atoms with Gasteiger partial charge >= 0.3 is 0 Å². The lowest BCUT2D eigenvalue weighted by Crippen LogP contribution is -2.49. The van der Waals surface area contributed by atoms with Gasteiger partial charge in [0.1, 0.15) is 23.3 Å². The zero-order chi connectivity index (χ0) is 19.7. The van der Waals surface area contributed by atoms with Gasteiger partial charge in [0.25, 0.3) is 0 Å². The Hall–Kier alpha value is -2.78. The van der Waals surface area contributed by atoms with Crippen molar-refractivity contribution in [3.63, 3.8) is 0 Å². The van der Waals surface area contributed by atoms with Gasteiger partial charge in [0.15, 0.2) is 0 Å². The monoisotopic (exact) mass is 401 g/mol. The minimum Gasteiger partial charge on any atom is -0.354 e. The molecule has 28 heavy (non-hydrogen) atoms. The molecule has 1 saturated heterocycles. The maximum Gasteiger partial charge on any atom is 0.243 e. The molecule has 1 aliphatic heterocycles. The molecule has 0 atom stereocenters. The Labute approximate surface area is 163 Å². The van der Waals surface area contributed by atoms with E-state index in [9.17, 15) is 12.8 Å². The molecule has 0 bridgehead atoms. The number of hydrogen-bond acceptors (Lipinski definition) is 5. The number of sulfonamides is 1. The summed E-state index contributed by atoms with van der Waals surface area (Å²) in [5, 5.41) is 0. The number of benzene rings is 1. The highest BCUT2D eigenvalue weighted by Crippen LogP contribution is 2.21. The van der Waals surface area contributed by atoms with Crippen LogP contribution in [0.2, 0.25) is 0 Å². The van der Waals surface area contributed by atoms with Crippen LogP contribution in [0.3, 0.4) is 0 Å². The third-order valence-electron chi connectivity index (χ3n) is 4.69. The van der Waals surface area contributed by atoms with Crippen LogP contribution in [0.5, 0.6) is 0 Å². The van der Waals surface area contributed by atoms with Crippen LogP contribution in [0.4, 0.5) is 10.2 Å². The molecule has 4 rings (SSSR count). The average molecular weight is 401 g/mol. The summed E-state index contributed by atoms with van der Waals surface area (Å²) in [5.74, 6) is 1.74. The van der Waals surface area contributed by atoms with E-state index < -0.39 is 15.8 Å². The van der Waals surface area contributed by atoms with Gasteiger partial charge in [-0.15, -0.1) is 0 Å². The van der Waals surface area contributed by atoms with E-state index in [2.05, 4.69) is 14.9 Å². The maximum atomic E-state index is 13.1. The van der Waals surface area contributed by atoms with Crippen LogP contribution in [-0.2, 0) is 10.0 Å². The van der Waals surface area contributed by atoms with Gasteiger partial charge in [0.2, 0.25) is 10.0 Å². The quantitative estimate of drug-likeness (QED) is 0.670. The van der Waals surface area contributed by atoms with Crippen molar-refractivity contribution in [3.05, 3.63) is 66.5 Å². The van der Waals surface area contributed by atoms with Crippen LogP contribution >= 0.6 is 0 Å². The van der Waals surface area contributed by atoms with Crippen molar-refractivity contribution >= 4 is 15.8 Å². The van der Waals surface area contributed by atoms with E-state index >= 15 is 0 Å². The Balaban J connectivity index is 1.51. The van der Waals surface area contributed by atoms with Crippen molar-refractivity contribution in [2.75, 3.05) is 31.1 Å². The van der Waals surface area contributed by atoms with Gasteiger partial charge < -0.3 is 9.47 Å². The Morgan fingerprint density at radius 2 is 1.54 bits per heavy atom. The highest BCUT2D eigenvalue weighted by molar-refractivity contribution is 7.89. The molecule has 3 heterocycles. The highest BCUT2D eigenvalue weighted by Gasteiger charge is 2.29. The lowest BCUT2D eigenvalue weighted by Gasteiger charge is -2.34.